The van der Waals surface area contributed by atoms with Gasteiger partial charge in [0.1, 0.15) is 0 Å². The molecule has 0 fully saturated rings. The molecule has 0 saturated heterocycles. The molecule has 0 unspecified atom stereocenters. The largest absolute Gasteiger partial charge is 0.361 e. The summed E-state index contributed by atoms with van der Waals surface area (Å²) >= 11 is 5.05. The van der Waals surface area contributed by atoms with Crippen LogP contribution in [-0.2, 0) is 0 Å². The minimum absolute atomic E-state index is 0.483. The van der Waals surface area contributed by atoms with E-state index in [1.165, 1.54) is 0 Å². The lowest BCUT2D eigenvalue weighted by molar-refractivity contribution is 0.832. The summed E-state index contributed by atoms with van der Waals surface area (Å²) in [5.41, 5.74) is 1.01. The molecule has 92 valence electrons. The zero-order valence-corrected chi connectivity index (χ0v) is 10.9. The van der Waals surface area contributed by atoms with Crippen molar-refractivity contribution in [2.75, 3.05) is 6.54 Å². The monoisotopic (exact) mass is 258 g/mol. The molecule has 0 aliphatic heterocycles. The van der Waals surface area contributed by atoms with Gasteiger partial charge in [0, 0.05) is 12.7 Å². The lowest BCUT2D eigenvalue weighted by atomic mass is 10.3. The van der Waals surface area contributed by atoms with Crippen LogP contribution in [0.1, 0.15) is 6.92 Å². The van der Waals surface area contributed by atoms with Gasteiger partial charge in [-0.2, -0.15) is 5.10 Å². The maximum absolute atomic E-state index is 5.05. The summed E-state index contributed by atoms with van der Waals surface area (Å²) in [4.78, 5) is 4.23. The minimum Gasteiger partial charge on any atom is -0.361 e. The molecule has 1 aromatic heterocycles. The van der Waals surface area contributed by atoms with Crippen molar-refractivity contribution >= 4 is 17.3 Å². The Balaban J connectivity index is 2.23. The number of hydrogen-bond acceptors (Lipinski definition) is 2. The first-order valence-electron chi connectivity index (χ1n) is 5.72. The molecule has 2 aromatic rings. The molecule has 0 saturated carbocycles. The highest BCUT2D eigenvalue weighted by Gasteiger charge is 1.93. The summed E-state index contributed by atoms with van der Waals surface area (Å²) in [5.74, 6) is 0. The maximum Gasteiger partial charge on any atom is 0.193 e. The molecular weight excluding hydrogens is 244 g/mol. The Morgan fingerprint density at radius 3 is 2.72 bits per heavy atom. The Morgan fingerprint density at radius 1 is 1.33 bits per heavy atom. The van der Waals surface area contributed by atoms with Gasteiger partial charge in [0.05, 0.1) is 17.2 Å². The number of rotatable bonds is 2. The zero-order chi connectivity index (χ0) is 12.8. The Bertz CT molecular complexity index is 569. The van der Waals surface area contributed by atoms with E-state index in [0.29, 0.717) is 5.11 Å². The third-order valence-electron chi connectivity index (χ3n) is 2.28. The Morgan fingerprint density at radius 2 is 2.11 bits per heavy atom. The first-order chi connectivity index (χ1) is 8.79. The molecule has 1 heterocycles. The van der Waals surface area contributed by atoms with Crippen molar-refractivity contribution in [1.82, 2.24) is 15.1 Å². The average Bonchev–Trinajstić information content (AvgIpc) is 2.41. The quantitative estimate of drug-likeness (QED) is 0.833. The number of benzene rings is 1. The summed E-state index contributed by atoms with van der Waals surface area (Å²) in [6, 6.07) is 11.8. The molecular formula is C13H14N4S. The second-order valence-electron chi connectivity index (χ2n) is 3.61. The van der Waals surface area contributed by atoms with Crippen LogP contribution in [0.15, 0.2) is 53.8 Å². The standard InChI is InChI=1S/C13H14N4S/c1-2-14-13(18)16-11-8-9-17(15-10-11)12-6-4-3-5-7-12/h3-10H,2H2,1H3,(H,14,18). The highest BCUT2D eigenvalue weighted by Crippen LogP contribution is 2.02. The van der Waals surface area contributed by atoms with Gasteiger partial charge in [-0.25, -0.2) is 9.67 Å². The number of thiocarbonyl (C=S) groups is 1. The third kappa shape index (κ3) is 3.24. The predicted molar refractivity (Wildman–Crippen MR) is 75.4 cm³/mol. The first kappa shape index (κ1) is 12.4. The lowest BCUT2D eigenvalue weighted by Crippen LogP contribution is -2.21. The fourth-order valence-electron chi connectivity index (χ4n) is 1.46. The maximum atomic E-state index is 5.05. The van der Waals surface area contributed by atoms with E-state index in [-0.39, 0.29) is 0 Å². The van der Waals surface area contributed by atoms with E-state index in [0.717, 1.165) is 17.6 Å². The average molecular weight is 258 g/mol. The van der Waals surface area contributed by atoms with Gasteiger partial charge in [0.2, 0.25) is 0 Å². The number of nitrogens with one attached hydrogen (secondary N) is 1. The molecule has 0 aliphatic rings. The molecule has 0 spiro atoms. The van der Waals surface area contributed by atoms with Gasteiger partial charge in [-0.15, -0.1) is 0 Å². The Kier molecular flexibility index (Phi) is 4.20. The van der Waals surface area contributed by atoms with Crippen molar-refractivity contribution in [2.45, 2.75) is 6.92 Å². The predicted octanol–water partition coefficient (Wildman–Crippen LogP) is 1.67. The molecule has 2 rings (SSSR count). The van der Waals surface area contributed by atoms with E-state index in [9.17, 15) is 0 Å². The fourth-order valence-corrected chi connectivity index (χ4v) is 1.71. The fraction of sp³-hybridized carbons (Fsp3) is 0.154. The van der Waals surface area contributed by atoms with Crippen LogP contribution in [0.4, 0.5) is 0 Å². The molecule has 0 atom stereocenters. The highest BCUT2D eigenvalue weighted by atomic mass is 32.1. The van der Waals surface area contributed by atoms with Crippen molar-refractivity contribution in [2.24, 2.45) is 4.99 Å². The number of hydrogen-bond donors (Lipinski definition) is 1. The van der Waals surface area contributed by atoms with Crippen LogP contribution in [0.25, 0.3) is 5.69 Å². The summed E-state index contributed by atoms with van der Waals surface area (Å²) < 4.78 is 1.79. The number of nitrogens with zero attached hydrogens (tertiary/aromatic N) is 3. The molecule has 1 aromatic carbocycles. The van der Waals surface area contributed by atoms with Crippen LogP contribution in [0, 0.1) is 0 Å². The molecule has 0 bridgehead atoms. The summed E-state index contributed by atoms with van der Waals surface area (Å²) in [7, 11) is 0. The molecule has 18 heavy (non-hydrogen) atoms. The van der Waals surface area contributed by atoms with Crippen LogP contribution >= 0.6 is 12.2 Å². The first-order valence-corrected chi connectivity index (χ1v) is 6.13. The van der Waals surface area contributed by atoms with Crippen molar-refractivity contribution in [3.05, 3.63) is 54.1 Å². The second kappa shape index (κ2) is 6.07. The number of aromatic nitrogens is 2. The summed E-state index contributed by atoms with van der Waals surface area (Å²) in [6.45, 7) is 2.75. The van der Waals surface area contributed by atoms with E-state index in [4.69, 9.17) is 12.2 Å². The Labute approximate surface area is 111 Å². The smallest absolute Gasteiger partial charge is 0.193 e. The Hall–Kier alpha value is -2.01. The van der Waals surface area contributed by atoms with Gasteiger partial charge in [-0.05, 0) is 37.3 Å². The minimum atomic E-state index is 0.483. The van der Waals surface area contributed by atoms with Gasteiger partial charge in [-0.3, -0.25) is 0 Å². The second-order valence-corrected chi connectivity index (χ2v) is 4.00. The van der Waals surface area contributed by atoms with Crippen molar-refractivity contribution in [1.29, 1.82) is 0 Å². The topological polar surface area (TPSA) is 42.2 Å². The van der Waals surface area contributed by atoms with Gasteiger partial charge >= 0.3 is 0 Å². The van der Waals surface area contributed by atoms with Crippen molar-refractivity contribution in [3.63, 3.8) is 0 Å². The van der Waals surface area contributed by atoms with E-state index < -0.39 is 0 Å². The van der Waals surface area contributed by atoms with Crippen LogP contribution in [0.5, 0.6) is 0 Å². The van der Waals surface area contributed by atoms with Crippen LogP contribution in [0.3, 0.4) is 0 Å². The van der Waals surface area contributed by atoms with Crippen LogP contribution in [-0.4, -0.2) is 21.4 Å². The molecule has 4 nitrogen and oxygen atoms in total. The molecule has 1 N–H and O–H groups in total. The SMILES string of the molecule is CCNC(=S)N=c1ccn(-c2ccccc2)nc1. The highest BCUT2D eigenvalue weighted by molar-refractivity contribution is 7.80. The molecule has 0 amide bonds. The number of para-hydroxylation sites is 1. The summed E-state index contributed by atoms with van der Waals surface area (Å²) in [5, 5.41) is 8.49. The van der Waals surface area contributed by atoms with E-state index in [1.54, 1.807) is 10.9 Å². The van der Waals surface area contributed by atoms with Gasteiger partial charge in [0.15, 0.2) is 5.11 Å². The van der Waals surface area contributed by atoms with E-state index in [1.807, 2.05) is 49.5 Å². The lowest BCUT2D eigenvalue weighted by Gasteiger charge is -2.03. The molecule has 5 heteroatoms. The van der Waals surface area contributed by atoms with Crippen molar-refractivity contribution < 1.29 is 0 Å². The zero-order valence-electron chi connectivity index (χ0n) is 10.1. The van der Waals surface area contributed by atoms with Gasteiger partial charge in [0.25, 0.3) is 0 Å². The van der Waals surface area contributed by atoms with Gasteiger partial charge < -0.3 is 5.32 Å². The third-order valence-corrected chi connectivity index (χ3v) is 2.52. The molecule has 0 radical (unpaired) electrons. The van der Waals surface area contributed by atoms with Crippen LogP contribution < -0.4 is 10.7 Å². The van der Waals surface area contributed by atoms with E-state index in [2.05, 4.69) is 15.4 Å². The normalized spacial score (nSPS) is 11.3. The van der Waals surface area contributed by atoms with Crippen LogP contribution in [0.2, 0.25) is 0 Å². The molecule has 0 aliphatic carbocycles. The van der Waals surface area contributed by atoms with Crippen molar-refractivity contribution in [3.8, 4) is 5.69 Å². The van der Waals surface area contributed by atoms with Gasteiger partial charge in [-0.1, -0.05) is 18.2 Å². The summed E-state index contributed by atoms with van der Waals surface area (Å²) in [6.07, 6.45) is 3.55. The van der Waals surface area contributed by atoms with E-state index >= 15 is 0 Å².